The molecule has 4 amide bonds. The van der Waals surface area contributed by atoms with Gasteiger partial charge in [0.25, 0.3) is 35.0 Å². The maximum absolute atomic E-state index is 13.1. The molecular weight excluding hydrogens is 739 g/mol. The van der Waals surface area contributed by atoms with E-state index >= 15 is 0 Å². The van der Waals surface area contributed by atoms with Crippen molar-refractivity contribution >= 4 is 70.4 Å². The first-order chi connectivity index (χ1) is 25.9. The fourth-order valence-electron chi connectivity index (χ4n) is 4.88. The van der Waals surface area contributed by atoms with Crippen LogP contribution >= 0.6 is 23.2 Å². The number of hydrogen-bond donors (Lipinski definition) is 4. The summed E-state index contributed by atoms with van der Waals surface area (Å²) in [5.41, 5.74) is 0.492. The van der Waals surface area contributed by atoms with E-state index in [1.165, 1.54) is 48.6 Å². The van der Waals surface area contributed by atoms with Crippen molar-refractivity contribution in [1.29, 1.82) is 0 Å². The molecule has 4 N–H and O–H groups in total. The van der Waals surface area contributed by atoms with Crippen LogP contribution in [0.5, 0.6) is 0 Å². The molecule has 0 unspecified atom stereocenters. The lowest BCUT2D eigenvalue weighted by atomic mass is 10.1. The molecule has 16 heteroatoms. The summed E-state index contributed by atoms with van der Waals surface area (Å²) in [4.78, 5) is 73.3. The number of hydrogen-bond acceptors (Lipinski definition) is 8. The third-order valence-electron chi connectivity index (χ3n) is 7.66. The van der Waals surface area contributed by atoms with Gasteiger partial charge in [-0.3, -0.25) is 39.4 Å². The number of unbranched alkanes of at least 4 members (excludes halogenated alkanes) is 3. The maximum Gasteiger partial charge on any atom is 0.270 e. The van der Waals surface area contributed by atoms with Crippen molar-refractivity contribution in [3.63, 3.8) is 0 Å². The van der Waals surface area contributed by atoms with E-state index < -0.39 is 33.5 Å². The largest absolute Gasteiger partial charge is 0.351 e. The molecule has 4 aromatic carbocycles. The molecule has 278 valence electrons. The van der Waals surface area contributed by atoms with Crippen molar-refractivity contribution in [2.75, 3.05) is 13.1 Å². The second-order valence-corrected chi connectivity index (χ2v) is 12.5. The molecule has 0 atom stereocenters. The van der Waals surface area contributed by atoms with E-state index in [1.54, 1.807) is 48.5 Å². The molecule has 4 aromatic rings. The Morgan fingerprint density at radius 2 is 0.926 bits per heavy atom. The smallest absolute Gasteiger partial charge is 0.270 e. The van der Waals surface area contributed by atoms with Gasteiger partial charge < -0.3 is 21.3 Å². The highest BCUT2D eigenvalue weighted by Gasteiger charge is 2.18. The number of rotatable bonds is 17. The van der Waals surface area contributed by atoms with Crippen LogP contribution in [0.4, 0.5) is 11.4 Å². The topological polar surface area (TPSA) is 203 Å². The van der Waals surface area contributed by atoms with E-state index in [-0.39, 0.29) is 47.0 Å². The van der Waals surface area contributed by atoms with Crippen molar-refractivity contribution in [1.82, 2.24) is 21.3 Å². The molecule has 14 nitrogen and oxygen atoms in total. The first kappa shape index (κ1) is 40.4. The summed E-state index contributed by atoms with van der Waals surface area (Å²) in [6.07, 6.45) is 5.45. The van der Waals surface area contributed by atoms with Gasteiger partial charge in [0.05, 0.1) is 9.85 Å². The normalized spacial score (nSPS) is 11.3. The van der Waals surface area contributed by atoms with Crippen molar-refractivity contribution in [2.24, 2.45) is 0 Å². The number of nitrogens with zero attached hydrogens (tertiary/aromatic N) is 2. The van der Waals surface area contributed by atoms with Crippen LogP contribution in [-0.4, -0.2) is 46.6 Å². The summed E-state index contributed by atoms with van der Waals surface area (Å²) in [7, 11) is 0. The van der Waals surface area contributed by atoms with Crippen LogP contribution in [0.3, 0.4) is 0 Å². The molecule has 0 saturated heterocycles. The molecule has 0 aromatic heterocycles. The van der Waals surface area contributed by atoms with Gasteiger partial charge in [0.2, 0.25) is 0 Å². The number of carbonyl (C=O) groups excluding carboxylic acids is 4. The highest BCUT2D eigenvalue weighted by molar-refractivity contribution is 6.30. The zero-order valence-electron chi connectivity index (χ0n) is 28.6. The van der Waals surface area contributed by atoms with Crippen LogP contribution in [0.2, 0.25) is 10.0 Å². The van der Waals surface area contributed by atoms with Gasteiger partial charge in [-0.25, -0.2) is 0 Å². The van der Waals surface area contributed by atoms with E-state index in [4.69, 9.17) is 23.2 Å². The number of halogens is 2. The molecule has 0 saturated carbocycles. The van der Waals surface area contributed by atoms with E-state index in [9.17, 15) is 39.4 Å². The first-order valence-electron chi connectivity index (χ1n) is 16.5. The molecule has 0 fully saturated rings. The average Bonchev–Trinajstić information content (AvgIpc) is 3.16. The molecular formula is C38H34Cl2N6O8. The SMILES string of the molecule is O=C(NCCCCCCNC(=O)/C(=C/c1ccc(Cl)cc1)NC(=O)c1cccc([N+](=O)[O-])c1)/C(=C/c1ccc(Cl)cc1)NC(=O)c1cccc([N+](=O)[O-])c1. The highest BCUT2D eigenvalue weighted by Crippen LogP contribution is 2.17. The summed E-state index contributed by atoms with van der Waals surface area (Å²) in [5, 5.41) is 33.9. The number of nitrogens with one attached hydrogen (secondary N) is 4. The molecule has 0 heterocycles. The van der Waals surface area contributed by atoms with Gasteiger partial charge in [-0.05, 0) is 72.5 Å². The zero-order valence-corrected chi connectivity index (χ0v) is 30.1. The number of benzene rings is 4. The first-order valence-corrected chi connectivity index (χ1v) is 17.3. The summed E-state index contributed by atoms with van der Waals surface area (Å²) in [5.74, 6) is -2.54. The molecule has 0 aliphatic carbocycles. The lowest BCUT2D eigenvalue weighted by Gasteiger charge is -2.12. The van der Waals surface area contributed by atoms with E-state index in [0.717, 1.165) is 12.1 Å². The minimum atomic E-state index is -0.703. The third-order valence-corrected chi connectivity index (χ3v) is 8.16. The van der Waals surface area contributed by atoms with Gasteiger partial charge in [0, 0.05) is 58.5 Å². The molecule has 54 heavy (non-hydrogen) atoms. The Morgan fingerprint density at radius 3 is 1.28 bits per heavy atom. The Morgan fingerprint density at radius 1 is 0.556 bits per heavy atom. The van der Waals surface area contributed by atoms with Crippen LogP contribution in [0.15, 0.2) is 108 Å². The van der Waals surface area contributed by atoms with Crippen LogP contribution in [0, 0.1) is 20.2 Å². The standard InChI is InChI=1S/C38H34Cl2N6O8/c39-29-15-11-25(12-16-29)21-33(43-35(47)27-7-5-9-31(23-27)45(51)52)37(49)41-19-3-1-2-4-20-42-38(50)34(22-26-13-17-30(40)18-14-26)44-36(48)28-8-6-10-32(24-28)46(53)54/h5-18,21-24H,1-4,19-20H2,(H,41,49)(H,42,50)(H,43,47)(H,44,48)/b33-21-,34-22-. The van der Waals surface area contributed by atoms with Crippen molar-refractivity contribution in [3.8, 4) is 0 Å². The zero-order chi connectivity index (χ0) is 39.0. The lowest BCUT2D eigenvalue weighted by molar-refractivity contribution is -0.385. The predicted molar refractivity (Wildman–Crippen MR) is 204 cm³/mol. The molecule has 0 aliphatic heterocycles. The number of carbonyl (C=O) groups is 4. The van der Waals surface area contributed by atoms with E-state index in [2.05, 4.69) is 21.3 Å². The van der Waals surface area contributed by atoms with Crippen LogP contribution in [-0.2, 0) is 9.59 Å². The van der Waals surface area contributed by atoms with Crippen molar-refractivity contribution < 1.29 is 29.0 Å². The Kier molecular flexibility index (Phi) is 15.0. The fourth-order valence-corrected chi connectivity index (χ4v) is 5.13. The van der Waals surface area contributed by atoms with Crippen LogP contribution in [0.25, 0.3) is 12.2 Å². The Hall–Kier alpha value is -6.38. The van der Waals surface area contributed by atoms with Gasteiger partial charge in [0.15, 0.2) is 0 Å². The van der Waals surface area contributed by atoms with Gasteiger partial charge in [0.1, 0.15) is 11.4 Å². The lowest BCUT2D eigenvalue weighted by Crippen LogP contribution is -2.35. The summed E-state index contributed by atoms with van der Waals surface area (Å²) in [6, 6.07) is 23.4. The Balaban J connectivity index is 1.29. The van der Waals surface area contributed by atoms with Gasteiger partial charge in [-0.1, -0.05) is 72.4 Å². The quantitative estimate of drug-likeness (QED) is 0.0386. The van der Waals surface area contributed by atoms with Gasteiger partial charge >= 0.3 is 0 Å². The minimum absolute atomic E-state index is 0.00328. The number of non-ortho nitro benzene ring substituents is 2. The third kappa shape index (κ3) is 12.7. The number of nitro benzene ring substituents is 2. The summed E-state index contributed by atoms with van der Waals surface area (Å²) >= 11 is 12.0. The van der Waals surface area contributed by atoms with Crippen molar-refractivity contribution in [2.45, 2.75) is 25.7 Å². The monoisotopic (exact) mass is 772 g/mol. The maximum atomic E-state index is 13.1. The van der Waals surface area contributed by atoms with Gasteiger partial charge in [-0.2, -0.15) is 0 Å². The molecule has 0 bridgehead atoms. The number of amides is 4. The van der Waals surface area contributed by atoms with E-state index in [0.29, 0.717) is 46.9 Å². The molecule has 0 aliphatic rings. The molecule has 4 rings (SSSR count). The Bertz CT molecular complexity index is 1940. The highest BCUT2D eigenvalue weighted by atomic mass is 35.5. The van der Waals surface area contributed by atoms with Crippen LogP contribution in [0.1, 0.15) is 57.5 Å². The molecule has 0 spiro atoms. The minimum Gasteiger partial charge on any atom is -0.351 e. The summed E-state index contributed by atoms with van der Waals surface area (Å²) < 4.78 is 0. The number of nitro groups is 2. The Labute approximate surface area is 319 Å². The van der Waals surface area contributed by atoms with E-state index in [1.807, 2.05) is 0 Å². The van der Waals surface area contributed by atoms with Crippen LogP contribution < -0.4 is 21.3 Å². The summed E-state index contributed by atoms with van der Waals surface area (Å²) in [6.45, 7) is 0.543. The predicted octanol–water partition coefficient (Wildman–Crippen LogP) is 6.84. The second-order valence-electron chi connectivity index (χ2n) is 11.7. The molecule has 0 radical (unpaired) electrons. The second kappa shape index (κ2) is 20.0. The van der Waals surface area contributed by atoms with Gasteiger partial charge in [-0.15, -0.1) is 0 Å². The fraction of sp³-hybridized carbons (Fsp3) is 0.158. The van der Waals surface area contributed by atoms with Crippen molar-refractivity contribution in [3.05, 3.63) is 161 Å². The average molecular weight is 774 g/mol.